The minimum absolute atomic E-state index is 0.258. The molecular formula is C25H31N3O2. The Morgan fingerprint density at radius 2 is 1.70 bits per heavy atom. The maximum Gasteiger partial charge on any atom is 0.137 e. The average molecular weight is 406 g/mol. The molecule has 0 spiro atoms. The minimum Gasteiger partial charge on any atom is -0.491 e. The topological polar surface area (TPSA) is 48.8 Å². The van der Waals surface area contributed by atoms with Gasteiger partial charge in [0.15, 0.2) is 0 Å². The fourth-order valence-electron chi connectivity index (χ4n) is 3.83. The van der Waals surface area contributed by atoms with Crippen LogP contribution in [0.3, 0.4) is 0 Å². The molecule has 1 aliphatic rings. The van der Waals surface area contributed by atoms with E-state index >= 15 is 0 Å². The molecule has 0 unspecified atom stereocenters. The summed E-state index contributed by atoms with van der Waals surface area (Å²) in [6.07, 6.45) is 0. The summed E-state index contributed by atoms with van der Waals surface area (Å²) in [5.41, 5.74) is 1.18. The molecule has 0 radical (unpaired) electrons. The van der Waals surface area contributed by atoms with Crippen LogP contribution in [0.1, 0.15) is 20.8 Å². The summed E-state index contributed by atoms with van der Waals surface area (Å²) >= 11 is 0. The Hall–Kier alpha value is -2.63. The number of nitrogens with zero attached hydrogens (tertiary/aromatic N) is 3. The number of aliphatic hydroxyl groups is 1. The van der Waals surface area contributed by atoms with Crippen LogP contribution in [0.2, 0.25) is 0 Å². The number of pyridine rings is 1. The number of piperazine rings is 1. The van der Waals surface area contributed by atoms with E-state index in [1.807, 2.05) is 24.3 Å². The Balaban J connectivity index is 1.63. The molecule has 158 valence electrons. The summed E-state index contributed by atoms with van der Waals surface area (Å²) in [5, 5.41) is 12.3. The number of rotatable bonds is 6. The fraction of sp³-hybridized carbons (Fsp3) is 0.400. The van der Waals surface area contributed by atoms with Gasteiger partial charge in [-0.05, 0) is 56.1 Å². The van der Waals surface area contributed by atoms with Gasteiger partial charge in [-0.3, -0.25) is 0 Å². The molecule has 5 nitrogen and oxygen atoms in total. The SMILES string of the molecule is CCN1CCN(c2nc(-c3ccc(OCC(C)(C)O)cc3)cc3ccccc23)CC1. The van der Waals surface area contributed by atoms with Crippen LogP contribution in [0.4, 0.5) is 5.82 Å². The van der Waals surface area contributed by atoms with Crippen molar-refractivity contribution < 1.29 is 9.84 Å². The highest BCUT2D eigenvalue weighted by molar-refractivity contribution is 5.95. The average Bonchev–Trinajstić information content (AvgIpc) is 2.77. The van der Waals surface area contributed by atoms with Crippen molar-refractivity contribution >= 4 is 16.6 Å². The number of ether oxygens (including phenoxy) is 1. The quantitative estimate of drug-likeness (QED) is 0.666. The van der Waals surface area contributed by atoms with Gasteiger partial charge >= 0.3 is 0 Å². The lowest BCUT2D eigenvalue weighted by Gasteiger charge is -2.35. The molecule has 1 fully saturated rings. The molecule has 0 saturated carbocycles. The summed E-state index contributed by atoms with van der Waals surface area (Å²) in [7, 11) is 0. The molecule has 1 aromatic heterocycles. The summed E-state index contributed by atoms with van der Waals surface area (Å²) in [4.78, 5) is 9.98. The molecule has 1 aliphatic heterocycles. The van der Waals surface area contributed by atoms with Crippen LogP contribution < -0.4 is 9.64 Å². The summed E-state index contributed by atoms with van der Waals surface area (Å²) in [6.45, 7) is 11.2. The number of fused-ring (bicyclic) bond motifs is 1. The number of likely N-dealkylation sites (N-methyl/N-ethyl adjacent to an activating group) is 1. The maximum atomic E-state index is 9.86. The Morgan fingerprint density at radius 3 is 2.37 bits per heavy atom. The zero-order chi connectivity index (χ0) is 21.1. The van der Waals surface area contributed by atoms with Crippen molar-refractivity contribution in [1.82, 2.24) is 9.88 Å². The summed E-state index contributed by atoms with van der Waals surface area (Å²) in [6, 6.07) is 18.6. The second-order valence-corrected chi connectivity index (χ2v) is 8.60. The van der Waals surface area contributed by atoms with Crippen LogP contribution in [-0.2, 0) is 0 Å². The second-order valence-electron chi connectivity index (χ2n) is 8.60. The summed E-state index contributed by atoms with van der Waals surface area (Å²) in [5.74, 6) is 1.82. The van der Waals surface area contributed by atoms with Crippen molar-refractivity contribution in [2.24, 2.45) is 0 Å². The van der Waals surface area contributed by atoms with E-state index in [4.69, 9.17) is 9.72 Å². The van der Waals surface area contributed by atoms with E-state index in [1.54, 1.807) is 13.8 Å². The lowest BCUT2D eigenvalue weighted by molar-refractivity contribution is 0.0285. The van der Waals surface area contributed by atoms with Gasteiger partial charge in [0.2, 0.25) is 0 Å². The van der Waals surface area contributed by atoms with Crippen molar-refractivity contribution in [2.75, 3.05) is 44.2 Å². The zero-order valence-electron chi connectivity index (χ0n) is 18.1. The molecule has 2 aromatic carbocycles. The van der Waals surface area contributed by atoms with Gasteiger partial charge in [0, 0.05) is 37.1 Å². The van der Waals surface area contributed by atoms with Crippen LogP contribution in [0.5, 0.6) is 5.75 Å². The standard InChI is InChI=1S/C25H31N3O2/c1-4-27-13-15-28(16-14-27)24-22-8-6-5-7-20(22)17-23(26-24)19-9-11-21(12-10-19)30-18-25(2,3)29/h5-12,17,29H,4,13-16,18H2,1-3H3. The number of hydrogen-bond donors (Lipinski definition) is 1. The van der Waals surface area contributed by atoms with Crippen LogP contribution >= 0.6 is 0 Å². The molecule has 0 bridgehead atoms. The third kappa shape index (κ3) is 4.74. The smallest absolute Gasteiger partial charge is 0.137 e. The van der Waals surface area contributed by atoms with Crippen molar-refractivity contribution in [2.45, 2.75) is 26.4 Å². The molecule has 30 heavy (non-hydrogen) atoms. The van der Waals surface area contributed by atoms with Gasteiger partial charge in [-0.2, -0.15) is 0 Å². The zero-order valence-corrected chi connectivity index (χ0v) is 18.1. The third-order valence-corrected chi connectivity index (χ3v) is 5.58. The first-order valence-corrected chi connectivity index (χ1v) is 10.8. The van der Waals surface area contributed by atoms with Crippen molar-refractivity contribution in [3.8, 4) is 17.0 Å². The van der Waals surface area contributed by atoms with Gasteiger partial charge in [0.05, 0.1) is 11.3 Å². The largest absolute Gasteiger partial charge is 0.491 e. The van der Waals surface area contributed by atoms with E-state index in [-0.39, 0.29) is 6.61 Å². The van der Waals surface area contributed by atoms with Gasteiger partial charge in [-0.15, -0.1) is 0 Å². The molecule has 2 heterocycles. The van der Waals surface area contributed by atoms with E-state index in [2.05, 4.69) is 47.1 Å². The summed E-state index contributed by atoms with van der Waals surface area (Å²) < 4.78 is 5.69. The van der Waals surface area contributed by atoms with Crippen molar-refractivity contribution in [3.63, 3.8) is 0 Å². The molecule has 1 N–H and O–H groups in total. The Morgan fingerprint density at radius 1 is 1.00 bits per heavy atom. The van der Waals surface area contributed by atoms with Crippen LogP contribution in [-0.4, -0.2) is 59.9 Å². The molecule has 0 atom stereocenters. The van der Waals surface area contributed by atoms with Crippen molar-refractivity contribution in [1.29, 1.82) is 0 Å². The lowest BCUT2D eigenvalue weighted by atomic mass is 10.1. The van der Waals surface area contributed by atoms with Gasteiger partial charge in [-0.25, -0.2) is 4.98 Å². The number of hydrogen-bond acceptors (Lipinski definition) is 5. The normalized spacial score (nSPS) is 15.5. The fourth-order valence-corrected chi connectivity index (χ4v) is 3.83. The second kappa shape index (κ2) is 8.62. The molecule has 0 amide bonds. The predicted octanol–water partition coefficient (Wildman–Crippen LogP) is 4.19. The monoisotopic (exact) mass is 405 g/mol. The Kier molecular flexibility index (Phi) is 5.93. The molecule has 3 aromatic rings. The van der Waals surface area contributed by atoms with Gasteiger partial charge in [0.25, 0.3) is 0 Å². The number of benzene rings is 2. The first kappa shape index (κ1) is 20.6. The highest BCUT2D eigenvalue weighted by atomic mass is 16.5. The van der Waals surface area contributed by atoms with Crippen molar-refractivity contribution in [3.05, 3.63) is 54.6 Å². The van der Waals surface area contributed by atoms with Crippen LogP contribution in [0, 0.1) is 0 Å². The third-order valence-electron chi connectivity index (χ3n) is 5.58. The predicted molar refractivity (Wildman–Crippen MR) is 123 cm³/mol. The van der Waals surface area contributed by atoms with Crippen LogP contribution in [0.25, 0.3) is 22.0 Å². The highest BCUT2D eigenvalue weighted by Gasteiger charge is 2.20. The van der Waals surface area contributed by atoms with Gasteiger partial charge < -0.3 is 19.6 Å². The van der Waals surface area contributed by atoms with E-state index in [9.17, 15) is 5.11 Å². The molecule has 5 heteroatoms. The first-order valence-electron chi connectivity index (χ1n) is 10.8. The molecule has 4 rings (SSSR count). The Labute approximate surface area is 178 Å². The van der Waals surface area contributed by atoms with Gasteiger partial charge in [-0.1, -0.05) is 31.2 Å². The first-order chi connectivity index (χ1) is 14.4. The molecular weight excluding hydrogens is 374 g/mol. The molecule has 0 aliphatic carbocycles. The van der Waals surface area contributed by atoms with E-state index in [0.717, 1.165) is 55.5 Å². The Bertz CT molecular complexity index is 987. The lowest BCUT2D eigenvalue weighted by Crippen LogP contribution is -2.46. The van der Waals surface area contributed by atoms with Gasteiger partial charge in [0.1, 0.15) is 18.2 Å². The minimum atomic E-state index is -0.852. The van der Waals surface area contributed by atoms with Crippen LogP contribution in [0.15, 0.2) is 54.6 Å². The van der Waals surface area contributed by atoms with E-state index in [0.29, 0.717) is 0 Å². The maximum absolute atomic E-state index is 9.86. The highest BCUT2D eigenvalue weighted by Crippen LogP contribution is 2.31. The van der Waals surface area contributed by atoms with E-state index in [1.165, 1.54) is 10.8 Å². The number of aromatic nitrogens is 1. The molecule has 1 saturated heterocycles. The number of anilines is 1. The van der Waals surface area contributed by atoms with E-state index < -0.39 is 5.60 Å².